The number of rotatable bonds is 7. The molecular weight excluding hydrogens is 592 g/mol. The van der Waals surface area contributed by atoms with Crippen LogP contribution in [0.15, 0.2) is 158 Å². The van der Waals surface area contributed by atoms with Gasteiger partial charge in [-0.1, -0.05) is 152 Å². The summed E-state index contributed by atoms with van der Waals surface area (Å²) >= 11 is 0. The molecule has 8 aromatic rings. The van der Waals surface area contributed by atoms with Gasteiger partial charge in [0, 0.05) is 27.8 Å². The first kappa shape index (κ1) is 28.7. The second kappa shape index (κ2) is 12.9. The van der Waals surface area contributed by atoms with E-state index in [0.29, 0.717) is 52.2 Å². The number of benzene rings is 5. The molecule has 0 atom stereocenters. The average molecular weight is 619 g/mol. The Bertz CT molecular complexity index is 2060. The van der Waals surface area contributed by atoms with Gasteiger partial charge in [0.25, 0.3) is 0 Å². The normalized spacial score (nSPS) is 10.9. The Morgan fingerprint density at radius 2 is 0.417 bits per heavy atom. The van der Waals surface area contributed by atoms with Crippen molar-refractivity contribution < 1.29 is 0 Å². The van der Waals surface area contributed by atoms with Crippen LogP contribution in [0.25, 0.3) is 80.0 Å². The summed E-state index contributed by atoms with van der Waals surface area (Å²) in [5.74, 6) is 3.47. The van der Waals surface area contributed by atoms with Crippen LogP contribution in [0.4, 0.5) is 0 Å². The third-order valence-corrected chi connectivity index (χ3v) is 7.62. The highest BCUT2D eigenvalue weighted by molar-refractivity contribution is 5.71. The molecule has 0 amide bonds. The second-order valence-electron chi connectivity index (χ2n) is 10.9. The molecule has 5 aromatic carbocycles. The second-order valence-corrected chi connectivity index (χ2v) is 10.9. The van der Waals surface area contributed by atoms with Crippen molar-refractivity contribution >= 4 is 0 Å². The molecule has 8 rings (SSSR count). The molecular formula is C40H26N8. The van der Waals surface area contributed by atoms with Gasteiger partial charge in [-0.3, -0.25) is 0 Å². The van der Waals surface area contributed by atoms with E-state index in [2.05, 4.69) is 0 Å². The molecule has 0 bridgehead atoms. The summed E-state index contributed by atoms with van der Waals surface area (Å²) in [7, 11) is 0. The van der Waals surface area contributed by atoms with Crippen LogP contribution in [0.2, 0.25) is 0 Å². The Kier molecular flexibility index (Phi) is 7.70. The molecule has 0 saturated heterocycles. The lowest BCUT2D eigenvalue weighted by Gasteiger charge is -2.11. The van der Waals surface area contributed by atoms with E-state index in [4.69, 9.17) is 39.9 Å². The maximum absolute atomic E-state index is 5.00. The molecule has 0 spiro atoms. The van der Waals surface area contributed by atoms with Crippen molar-refractivity contribution in [1.29, 1.82) is 0 Å². The minimum absolute atomic E-state index is 0.407. The molecule has 226 valence electrons. The van der Waals surface area contributed by atoms with Crippen molar-refractivity contribution in [2.45, 2.75) is 0 Å². The summed E-state index contributed by atoms with van der Waals surface area (Å²) in [6.07, 6.45) is 0. The molecule has 0 saturated carbocycles. The van der Waals surface area contributed by atoms with Crippen LogP contribution in [0.1, 0.15) is 0 Å². The third-order valence-electron chi connectivity index (χ3n) is 7.62. The van der Waals surface area contributed by atoms with Crippen molar-refractivity contribution in [3.05, 3.63) is 158 Å². The zero-order valence-electron chi connectivity index (χ0n) is 25.6. The zero-order chi connectivity index (χ0) is 32.1. The lowest BCUT2D eigenvalue weighted by molar-refractivity contribution is 1.03. The van der Waals surface area contributed by atoms with Gasteiger partial charge < -0.3 is 0 Å². The van der Waals surface area contributed by atoms with Crippen molar-refractivity contribution in [2.75, 3.05) is 0 Å². The van der Waals surface area contributed by atoms with Crippen molar-refractivity contribution in [2.24, 2.45) is 0 Å². The molecule has 0 fully saturated rings. The molecule has 48 heavy (non-hydrogen) atoms. The van der Waals surface area contributed by atoms with Crippen LogP contribution in [-0.4, -0.2) is 39.9 Å². The molecule has 8 heteroatoms. The van der Waals surface area contributed by atoms with Gasteiger partial charge in [-0.2, -0.15) is 0 Å². The van der Waals surface area contributed by atoms with Gasteiger partial charge in [0.05, 0.1) is 0 Å². The van der Waals surface area contributed by atoms with E-state index >= 15 is 0 Å². The standard InChI is InChI=1S/C40H26N8/c1-6-16-27(17-7-1)34-41-32(39-45-35(28-18-8-2-9-19-28)43-36(46-39)29-20-10-3-11-21-29)26-33(42-34)40-47-37(30-22-12-4-13-23-30)44-38(48-40)31-24-14-5-15-25-31/h1-26H. The lowest BCUT2D eigenvalue weighted by Crippen LogP contribution is -2.05. The Hall–Kier alpha value is -6.80. The number of aromatic nitrogens is 8. The highest BCUT2D eigenvalue weighted by atomic mass is 15.1. The van der Waals surface area contributed by atoms with E-state index in [9.17, 15) is 0 Å². The quantitative estimate of drug-likeness (QED) is 0.175. The number of nitrogens with zero attached hydrogens (tertiary/aromatic N) is 8. The summed E-state index contributed by atoms with van der Waals surface area (Å²) in [5.41, 5.74) is 5.34. The SMILES string of the molecule is c1ccc(-c2nc(-c3nc(-c4ccccc4)nc(-c4ccccc4)n3)cc(-c3nc(-c4ccccc4)nc(-c4ccccc4)n3)n2)cc1. The molecule has 0 aliphatic carbocycles. The minimum Gasteiger partial charge on any atom is -0.225 e. The fourth-order valence-electron chi connectivity index (χ4n) is 5.24. The predicted octanol–water partition coefficient (Wildman–Crippen LogP) is 8.52. The number of hydrogen-bond donors (Lipinski definition) is 0. The summed E-state index contributed by atoms with van der Waals surface area (Å²) in [6, 6.07) is 51.1. The van der Waals surface area contributed by atoms with E-state index in [1.165, 1.54) is 0 Å². The molecule has 3 heterocycles. The van der Waals surface area contributed by atoms with E-state index in [1.807, 2.05) is 158 Å². The molecule has 0 N–H and O–H groups in total. The largest absolute Gasteiger partial charge is 0.225 e. The van der Waals surface area contributed by atoms with E-state index in [1.54, 1.807) is 0 Å². The van der Waals surface area contributed by atoms with Crippen LogP contribution in [0, 0.1) is 0 Å². The Balaban J connectivity index is 1.36. The van der Waals surface area contributed by atoms with Crippen LogP contribution in [0.3, 0.4) is 0 Å². The molecule has 0 aliphatic heterocycles. The number of hydrogen-bond acceptors (Lipinski definition) is 8. The van der Waals surface area contributed by atoms with Gasteiger partial charge in [-0.15, -0.1) is 0 Å². The van der Waals surface area contributed by atoms with Gasteiger partial charge >= 0.3 is 0 Å². The summed E-state index contributed by atoms with van der Waals surface area (Å²) < 4.78 is 0. The monoisotopic (exact) mass is 618 g/mol. The van der Waals surface area contributed by atoms with E-state index in [0.717, 1.165) is 27.8 Å². The van der Waals surface area contributed by atoms with Crippen LogP contribution in [-0.2, 0) is 0 Å². The Morgan fingerprint density at radius 3 is 0.667 bits per heavy atom. The van der Waals surface area contributed by atoms with Crippen LogP contribution < -0.4 is 0 Å². The summed E-state index contributed by atoms with van der Waals surface area (Å²) in [4.78, 5) is 39.4. The van der Waals surface area contributed by atoms with E-state index < -0.39 is 0 Å². The highest BCUT2D eigenvalue weighted by Crippen LogP contribution is 2.30. The van der Waals surface area contributed by atoms with Crippen LogP contribution in [0.5, 0.6) is 0 Å². The van der Waals surface area contributed by atoms with Crippen molar-refractivity contribution in [3.8, 4) is 80.0 Å². The lowest BCUT2D eigenvalue weighted by atomic mass is 10.1. The van der Waals surface area contributed by atoms with Gasteiger partial charge in [0.2, 0.25) is 0 Å². The van der Waals surface area contributed by atoms with Gasteiger partial charge in [-0.25, -0.2) is 39.9 Å². The van der Waals surface area contributed by atoms with Crippen molar-refractivity contribution in [1.82, 2.24) is 39.9 Å². The summed E-state index contributed by atoms with van der Waals surface area (Å²) in [5, 5.41) is 0. The first-order valence-electron chi connectivity index (χ1n) is 15.5. The zero-order valence-corrected chi connectivity index (χ0v) is 25.6. The molecule has 0 unspecified atom stereocenters. The summed E-state index contributed by atoms with van der Waals surface area (Å²) in [6.45, 7) is 0. The first-order chi connectivity index (χ1) is 23.8. The maximum Gasteiger partial charge on any atom is 0.182 e. The van der Waals surface area contributed by atoms with E-state index in [-0.39, 0.29) is 0 Å². The maximum atomic E-state index is 5.00. The van der Waals surface area contributed by atoms with Gasteiger partial charge in [0.15, 0.2) is 40.8 Å². The van der Waals surface area contributed by atoms with Crippen molar-refractivity contribution in [3.63, 3.8) is 0 Å². The fourth-order valence-corrected chi connectivity index (χ4v) is 5.24. The van der Waals surface area contributed by atoms with Crippen LogP contribution >= 0.6 is 0 Å². The Labute approximate surface area is 277 Å². The predicted molar refractivity (Wildman–Crippen MR) is 187 cm³/mol. The molecule has 0 radical (unpaired) electrons. The minimum atomic E-state index is 0.407. The van der Waals surface area contributed by atoms with Gasteiger partial charge in [-0.05, 0) is 6.07 Å². The molecule has 8 nitrogen and oxygen atoms in total. The topological polar surface area (TPSA) is 103 Å². The molecule has 3 aromatic heterocycles. The Morgan fingerprint density at radius 1 is 0.208 bits per heavy atom. The highest BCUT2D eigenvalue weighted by Gasteiger charge is 2.19. The third kappa shape index (κ3) is 6.05. The smallest absolute Gasteiger partial charge is 0.182 e. The average Bonchev–Trinajstić information content (AvgIpc) is 3.19. The first-order valence-corrected chi connectivity index (χ1v) is 15.5. The molecule has 0 aliphatic rings. The fraction of sp³-hybridized carbons (Fsp3) is 0. The van der Waals surface area contributed by atoms with Gasteiger partial charge in [0.1, 0.15) is 11.4 Å².